The predicted octanol–water partition coefficient (Wildman–Crippen LogP) is 0.571. The molecule has 0 saturated carbocycles. The van der Waals surface area contributed by atoms with Crippen LogP contribution in [0.5, 0.6) is 0 Å². The molecule has 6 heteroatoms. The molecule has 0 amide bonds. The fraction of sp³-hybridized carbons (Fsp3) is 0.111. The van der Waals surface area contributed by atoms with Crippen LogP contribution in [0.15, 0.2) is 34.3 Å². The van der Waals surface area contributed by atoms with E-state index in [0.717, 1.165) is 5.56 Å². The number of guanidine groups is 2. The highest BCUT2D eigenvalue weighted by Crippen LogP contribution is 2.18. The summed E-state index contributed by atoms with van der Waals surface area (Å²) >= 11 is 5.78. The number of halogens is 1. The number of nitrogens with zero attached hydrogens (tertiary/aromatic N) is 2. The van der Waals surface area contributed by atoms with Crippen molar-refractivity contribution in [3.63, 3.8) is 0 Å². The first-order chi connectivity index (χ1) is 7.15. The van der Waals surface area contributed by atoms with Gasteiger partial charge < -0.3 is 16.8 Å². The normalized spacial score (nSPS) is 20.2. The molecule has 0 bridgehead atoms. The van der Waals surface area contributed by atoms with Crippen LogP contribution in [0.3, 0.4) is 0 Å². The van der Waals surface area contributed by atoms with Gasteiger partial charge in [-0.15, -0.1) is 0 Å². The van der Waals surface area contributed by atoms with Crippen LogP contribution in [0.4, 0.5) is 0 Å². The standard InChI is InChI=1S/C9H10ClN5/c10-6-3-1-5(2-4-6)7-13-8(11)15-9(12)14-7/h1-4,7H,(H5,11,12,13,14,15). The van der Waals surface area contributed by atoms with Crippen LogP contribution >= 0.6 is 11.6 Å². The Labute approximate surface area is 91.8 Å². The van der Waals surface area contributed by atoms with E-state index in [0.29, 0.717) is 5.02 Å². The van der Waals surface area contributed by atoms with Gasteiger partial charge in [0.1, 0.15) is 0 Å². The number of hydrogen-bond donors (Lipinski definition) is 3. The molecular weight excluding hydrogens is 214 g/mol. The third-order valence-corrected chi connectivity index (χ3v) is 2.22. The van der Waals surface area contributed by atoms with E-state index in [1.54, 1.807) is 12.1 Å². The molecule has 2 rings (SSSR count). The third kappa shape index (κ3) is 2.19. The topological polar surface area (TPSA) is 88.8 Å². The molecule has 1 aromatic carbocycles. The molecule has 1 aliphatic rings. The minimum Gasteiger partial charge on any atom is -0.370 e. The summed E-state index contributed by atoms with van der Waals surface area (Å²) in [6.07, 6.45) is -0.292. The highest BCUT2D eigenvalue weighted by Gasteiger charge is 2.15. The second-order valence-corrected chi connectivity index (χ2v) is 3.52. The Morgan fingerprint density at radius 1 is 1.20 bits per heavy atom. The fourth-order valence-electron chi connectivity index (χ4n) is 1.29. The summed E-state index contributed by atoms with van der Waals surface area (Å²) in [6.45, 7) is 0. The van der Waals surface area contributed by atoms with Gasteiger partial charge >= 0.3 is 0 Å². The first-order valence-corrected chi connectivity index (χ1v) is 4.72. The summed E-state index contributed by atoms with van der Waals surface area (Å²) in [5.41, 5.74) is 12.0. The zero-order valence-electron chi connectivity index (χ0n) is 7.81. The lowest BCUT2D eigenvalue weighted by molar-refractivity contribution is 0.667. The number of rotatable bonds is 1. The Bertz CT molecular complexity index is 423. The molecular formula is C9H10ClN5. The van der Waals surface area contributed by atoms with Gasteiger partial charge in [-0.3, -0.25) is 0 Å². The van der Waals surface area contributed by atoms with Crippen molar-refractivity contribution in [3.05, 3.63) is 34.9 Å². The zero-order valence-corrected chi connectivity index (χ0v) is 8.57. The Hall–Kier alpha value is -1.75. The van der Waals surface area contributed by atoms with Gasteiger partial charge in [-0.05, 0) is 17.7 Å². The molecule has 5 nitrogen and oxygen atoms in total. The molecule has 1 atom stereocenters. The molecule has 1 unspecified atom stereocenters. The molecule has 1 aromatic rings. The molecule has 0 fully saturated rings. The lowest BCUT2D eigenvalue weighted by atomic mass is 10.2. The quantitative estimate of drug-likeness (QED) is 0.650. The monoisotopic (exact) mass is 223 g/mol. The summed E-state index contributed by atoms with van der Waals surface area (Å²) in [6, 6.07) is 7.28. The minimum atomic E-state index is -0.292. The summed E-state index contributed by atoms with van der Waals surface area (Å²) < 4.78 is 0. The van der Waals surface area contributed by atoms with Gasteiger partial charge in [0, 0.05) is 5.02 Å². The molecule has 1 aliphatic heterocycles. The van der Waals surface area contributed by atoms with Crippen molar-refractivity contribution in [2.45, 2.75) is 6.17 Å². The first kappa shape index (κ1) is 9.79. The maximum Gasteiger partial charge on any atom is 0.220 e. The summed E-state index contributed by atoms with van der Waals surface area (Å²) in [4.78, 5) is 7.87. The average Bonchev–Trinajstić information content (AvgIpc) is 2.17. The van der Waals surface area contributed by atoms with Crippen LogP contribution in [0.1, 0.15) is 11.7 Å². The van der Waals surface area contributed by atoms with Crippen LogP contribution in [0.25, 0.3) is 0 Å². The van der Waals surface area contributed by atoms with Gasteiger partial charge in [-0.25, -0.2) is 4.99 Å². The number of hydrogen-bond acceptors (Lipinski definition) is 5. The molecule has 0 aliphatic carbocycles. The first-order valence-electron chi connectivity index (χ1n) is 4.34. The third-order valence-electron chi connectivity index (χ3n) is 1.97. The lowest BCUT2D eigenvalue weighted by Crippen LogP contribution is -2.39. The SMILES string of the molecule is NC1=NC(c2ccc(Cl)cc2)NC(N)=N1. The van der Waals surface area contributed by atoms with E-state index >= 15 is 0 Å². The van der Waals surface area contributed by atoms with Crippen molar-refractivity contribution in [1.29, 1.82) is 0 Å². The number of aliphatic imine (C=N–C) groups is 2. The molecule has 0 saturated heterocycles. The molecule has 5 N–H and O–H groups in total. The second-order valence-electron chi connectivity index (χ2n) is 3.08. The molecule has 1 heterocycles. The second kappa shape index (κ2) is 3.78. The molecule has 0 radical (unpaired) electrons. The van der Waals surface area contributed by atoms with E-state index in [1.807, 2.05) is 12.1 Å². The van der Waals surface area contributed by atoms with Gasteiger partial charge in [0.2, 0.25) is 5.96 Å². The van der Waals surface area contributed by atoms with Crippen molar-refractivity contribution in [3.8, 4) is 0 Å². The summed E-state index contributed by atoms with van der Waals surface area (Å²) in [5, 5.41) is 3.57. The average molecular weight is 224 g/mol. The van der Waals surface area contributed by atoms with Crippen LogP contribution in [-0.4, -0.2) is 11.9 Å². The lowest BCUT2D eigenvalue weighted by Gasteiger charge is -2.19. The van der Waals surface area contributed by atoms with E-state index in [-0.39, 0.29) is 18.1 Å². The Kier molecular flexibility index (Phi) is 2.47. The summed E-state index contributed by atoms with van der Waals surface area (Å²) in [7, 11) is 0. The van der Waals surface area contributed by atoms with E-state index in [9.17, 15) is 0 Å². The largest absolute Gasteiger partial charge is 0.370 e. The number of nitrogens with two attached hydrogens (primary N) is 2. The smallest absolute Gasteiger partial charge is 0.220 e. The maximum atomic E-state index is 5.78. The van der Waals surface area contributed by atoms with Gasteiger partial charge in [0.15, 0.2) is 12.1 Å². The van der Waals surface area contributed by atoms with Crippen molar-refractivity contribution in [1.82, 2.24) is 5.32 Å². The van der Waals surface area contributed by atoms with Gasteiger partial charge in [0.25, 0.3) is 0 Å². The van der Waals surface area contributed by atoms with Gasteiger partial charge in [-0.2, -0.15) is 4.99 Å². The van der Waals surface area contributed by atoms with Crippen LogP contribution < -0.4 is 16.8 Å². The fourth-order valence-corrected chi connectivity index (χ4v) is 1.42. The van der Waals surface area contributed by atoms with Crippen LogP contribution in [0.2, 0.25) is 5.02 Å². The van der Waals surface area contributed by atoms with Crippen LogP contribution in [0, 0.1) is 0 Å². The summed E-state index contributed by atoms with van der Waals surface area (Å²) in [5.74, 6) is 0.439. The molecule has 0 aromatic heterocycles. The Morgan fingerprint density at radius 2 is 1.87 bits per heavy atom. The predicted molar refractivity (Wildman–Crippen MR) is 60.6 cm³/mol. The van der Waals surface area contributed by atoms with Crippen molar-refractivity contribution >= 4 is 23.5 Å². The van der Waals surface area contributed by atoms with Crippen molar-refractivity contribution in [2.24, 2.45) is 21.5 Å². The van der Waals surface area contributed by atoms with Gasteiger partial charge in [0.05, 0.1) is 0 Å². The van der Waals surface area contributed by atoms with E-state index < -0.39 is 0 Å². The van der Waals surface area contributed by atoms with Crippen LogP contribution in [-0.2, 0) is 0 Å². The molecule has 15 heavy (non-hydrogen) atoms. The zero-order chi connectivity index (χ0) is 10.8. The number of nitrogens with one attached hydrogen (secondary N) is 1. The Balaban J connectivity index is 2.26. The van der Waals surface area contributed by atoms with Gasteiger partial charge in [-0.1, -0.05) is 23.7 Å². The highest BCUT2D eigenvalue weighted by atomic mass is 35.5. The Morgan fingerprint density at radius 3 is 2.47 bits per heavy atom. The maximum absolute atomic E-state index is 5.78. The van der Waals surface area contributed by atoms with E-state index in [4.69, 9.17) is 23.1 Å². The molecule has 0 spiro atoms. The van der Waals surface area contributed by atoms with Crippen molar-refractivity contribution in [2.75, 3.05) is 0 Å². The van der Waals surface area contributed by atoms with Crippen molar-refractivity contribution < 1.29 is 0 Å². The van der Waals surface area contributed by atoms with E-state index in [1.165, 1.54) is 0 Å². The molecule has 78 valence electrons. The van der Waals surface area contributed by atoms with E-state index in [2.05, 4.69) is 15.3 Å². The highest BCUT2D eigenvalue weighted by molar-refractivity contribution is 6.30. The number of benzene rings is 1. The minimum absolute atomic E-state index is 0.172.